The molecule has 0 bridgehead atoms. The first kappa shape index (κ1) is 26.1. The molecule has 0 heterocycles. The summed E-state index contributed by atoms with van der Waals surface area (Å²) in [6.07, 6.45) is 9.98. The highest BCUT2D eigenvalue weighted by Gasteiger charge is 2.09. The van der Waals surface area contributed by atoms with Gasteiger partial charge in [-0.25, -0.2) is 0 Å². The van der Waals surface area contributed by atoms with E-state index in [1.807, 2.05) is 6.92 Å². The van der Waals surface area contributed by atoms with Crippen LogP contribution in [0.25, 0.3) is 0 Å². The normalized spacial score (nSPS) is 13.3. The Balaban J connectivity index is 3.31. The van der Waals surface area contributed by atoms with Crippen LogP contribution in [0.2, 0.25) is 0 Å². The predicted molar refractivity (Wildman–Crippen MR) is 111 cm³/mol. The Bertz CT molecular complexity index is 373. The molecule has 1 N–H and O–H groups in total. The Morgan fingerprint density at radius 2 is 1.44 bits per heavy atom. The zero-order valence-corrected chi connectivity index (χ0v) is 18.2. The highest BCUT2D eigenvalue weighted by molar-refractivity contribution is 5.80. The average molecular weight is 386 g/mol. The number of rotatable bonds is 19. The fraction of sp³-hybridized carbons (Fsp3) is 0.909. The number of nitrogens with one attached hydrogen (secondary N) is 1. The molecule has 5 heteroatoms. The second-order valence-electron chi connectivity index (χ2n) is 7.45. The standard InChI is InChI=1S/C22H43NO4/c1-5-19(3)21(24)13-11-9-7-8-10-12-14-22(25)23-15-16-26-17-18-27-20(4)6-2/h19-20H,5-18H2,1-4H3,(H,23,25). The third-order valence-corrected chi connectivity index (χ3v) is 5.01. The van der Waals surface area contributed by atoms with Crippen molar-refractivity contribution in [1.29, 1.82) is 0 Å². The van der Waals surface area contributed by atoms with Gasteiger partial charge in [0.25, 0.3) is 0 Å². The maximum Gasteiger partial charge on any atom is 0.220 e. The van der Waals surface area contributed by atoms with Gasteiger partial charge < -0.3 is 14.8 Å². The maximum atomic E-state index is 11.7. The summed E-state index contributed by atoms with van der Waals surface area (Å²) in [4.78, 5) is 23.5. The molecule has 0 aromatic heterocycles. The second kappa shape index (κ2) is 18.4. The molecule has 0 radical (unpaired) electrons. The number of unbranched alkanes of at least 4 members (excludes halogenated alkanes) is 5. The Morgan fingerprint density at radius 1 is 0.815 bits per heavy atom. The molecule has 2 atom stereocenters. The van der Waals surface area contributed by atoms with Crippen molar-refractivity contribution in [2.45, 2.75) is 98.0 Å². The molecule has 0 saturated heterocycles. The van der Waals surface area contributed by atoms with E-state index in [1.165, 1.54) is 0 Å². The maximum absolute atomic E-state index is 11.7. The highest BCUT2D eigenvalue weighted by atomic mass is 16.5. The first-order chi connectivity index (χ1) is 13.0. The van der Waals surface area contributed by atoms with Gasteiger partial charge in [0, 0.05) is 25.3 Å². The quantitative estimate of drug-likeness (QED) is 0.328. The molecule has 0 aliphatic rings. The lowest BCUT2D eigenvalue weighted by molar-refractivity contribution is -0.123. The van der Waals surface area contributed by atoms with Crippen molar-refractivity contribution in [1.82, 2.24) is 5.32 Å². The van der Waals surface area contributed by atoms with Crippen molar-refractivity contribution in [3.05, 3.63) is 0 Å². The van der Waals surface area contributed by atoms with Gasteiger partial charge in [0.05, 0.1) is 25.9 Å². The lowest BCUT2D eigenvalue weighted by atomic mass is 9.98. The van der Waals surface area contributed by atoms with Crippen LogP contribution in [-0.4, -0.2) is 44.2 Å². The molecular weight excluding hydrogens is 342 g/mol. The minimum atomic E-state index is 0.105. The van der Waals surface area contributed by atoms with Crippen LogP contribution in [0.15, 0.2) is 0 Å². The molecule has 0 rings (SSSR count). The minimum Gasteiger partial charge on any atom is -0.377 e. The van der Waals surface area contributed by atoms with E-state index >= 15 is 0 Å². The molecule has 2 unspecified atom stereocenters. The molecule has 0 aliphatic heterocycles. The first-order valence-corrected chi connectivity index (χ1v) is 11.0. The minimum absolute atomic E-state index is 0.105. The van der Waals surface area contributed by atoms with Gasteiger partial charge in [-0.2, -0.15) is 0 Å². The van der Waals surface area contributed by atoms with Crippen LogP contribution < -0.4 is 5.32 Å². The summed E-state index contributed by atoms with van der Waals surface area (Å²) in [6, 6.07) is 0. The Morgan fingerprint density at radius 3 is 2.07 bits per heavy atom. The predicted octanol–water partition coefficient (Wildman–Crippen LogP) is 4.67. The van der Waals surface area contributed by atoms with Crippen LogP contribution in [-0.2, 0) is 19.1 Å². The smallest absolute Gasteiger partial charge is 0.220 e. The summed E-state index contributed by atoms with van der Waals surface area (Å²) in [5, 5.41) is 2.89. The van der Waals surface area contributed by atoms with E-state index in [0.717, 1.165) is 57.8 Å². The SMILES string of the molecule is CCC(C)OCCOCCNC(=O)CCCCCCCCC(=O)C(C)CC. The number of carbonyl (C=O) groups excluding carboxylic acids is 2. The first-order valence-electron chi connectivity index (χ1n) is 11.0. The Hall–Kier alpha value is -0.940. The summed E-state index contributed by atoms with van der Waals surface area (Å²) in [7, 11) is 0. The molecule has 0 aromatic rings. The molecule has 0 fully saturated rings. The zero-order chi connectivity index (χ0) is 20.3. The van der Waals surface area contributed by atoms with Gasteiger partial charge in [0.15, 0.2) is 0 Å². The molecule has 5 nitrogen and oxygen atoms in total. The lowest BCUT2D eigenvalue weighted by Crippen LogP contribution is -2.27. The lowest BCUT2D eigenvalue weighted by Gasteiger charge is -2.11. The topological polar surface area (TPSA) is 64.6 Å². The summed E-state index contributed by atoms with van der Waals surface area (Å²) >= 11 is 0. The fourth-order valence-electron chi connectivity index (χ4n) is 2.65. The fourth-order valence-corrected chi connectivity index (χ4v) is 2.65. The number of Topliss-reactive ketones (excluding diaryl/α,β-unsaturated/α-hetero) is 1. The second-order valence-corrected chi connectivity index (χ2v) is 7.45. The molecule has 160 valence electrons. The number of ether oxygens (including phenoxy) is 2. The molecule has 1 amide bonds. The van der Waals surface area contributed by atoms with Gasteiger partial charge >= 0.3 is 0 Å². The van der Waals surface area contributed by atoms with Gasteiger partial charge in [-0.05, 0) is 32.6 Å². The van der Waals surface area contributed by atoms with E-state index in [4.69, 9.17) is 9.47 Å². The number of hydrogen-bond donors (Lipinski definition) is 1. The van der Waals surface area contributed by atoms with Gasteiger partial charge in [0.2, 0.25) is 5.91 Å². The molecular formula is C22H43NO4. The average Bonchev–Trinajstić information content (AvgIpc) is 2.67. The molecule has 27 heavy (non-hydrogen) atoms. The van der Waals surface area contributed by atoms with Crippen LogP contribution in [0.1, 0.15) is 91.9 Å². The summed E-state index contributed by atoms with van der Waals surface area (Å²) < 4.78 is 11.0. The van der Waals surface area contributed by atoms with Crippen LogP contribution in [0, 0.1) is 5.92 Å². The van der Waals surface area contributed by atoms with Crippen molar-refractivity contribution in [2.24, 2.45) is 5.92 Å². The van der Waals surface area contributed by atoms with Gasteiger partial charge in [-0.15, -0.1) is 0 Å². The van der Waals surface area contributed by atoms with Crippen LogP contribution >= 0.6 is 0 Å². The summed E-state index contributed by atoms with van der Waals surface area (Å²) in [6.45, 7) is 10.5. The van der Waals surface area contributed by atoms with E-state index in [9.17, 15) is 9.59 Å². The van der Waals surface area contributed by atoms with Gasteiger partial charge in [0.1, 0.15) is 5.78 Å². The third-order valence-electron chi connectivity index (χ3n) is 5.01. The molecule has 0 aliphatic carbocycles. The van der Waals surface area contributed by atoms with Crippen LogP contribution in [0.5, 0.6) is 0 Å². The van der Waals surface area contributed by atoms with Gasteiger partial charge in [-0.3, -0.25) is 9.59 Å². The molecule has 0 spiro atoms. The van der Waals surface area contributed by atoms with Crippen molar-refractivity contribution < 1.29 is 19.1 Å². The Labute approximate surface area is 167 Å². The van der Waals surface area contributed by atoms with E-state index in [2.05, 4.69) is 26.1 Å². The van der Waals surface area contributed by atoms with Crippen LogP contribution in [0.3, 0.4) is 0 Å². The molecule has 0 aromatic carbocycles. The highest BCUT2D eigenvalue weighted by Crippen LogP contribution is 2.12. The number of carbonyl (C=O) groups is 2. The zero-order valence-electron chi connectivity index (χ0n) is 18.2. The number of amides is 1. The van der Waals surface area contributed by atoms with Crippen molar-refractivity contribution in [2.75, 3.05) is 26.4 Å². The monoisotopic (exact) mass is 385 g/mol. The third kappa shape index (κ3) is 16.9. The van der Waals surface area contributed by atoms with E-state index in [0.29, 0.717) is 38.6 Å². The van der Waals surface area contributed by atoms with Gasteiger partial charge in [-0.1, -0.05) is 46.5 Å². The van der Waals surface area contributed by atoms with Crippen molar-refractivity contribution in [3.63, 3.8) is 0 Å². The molecule has 0 saturated carbocycles. The van der Waals surface area contributed by atoms with Crippen LogP contribution in [0.4, 0.5) is 0 Å². The summed E-state index contributed by atoms with van der Waals surface area (Å²) in [5.74, 6) is 0.724. The van der Waals surface area contributed by atoms with Crippen molar-refractivity contribution in [3.8, 4) is 0 Å². The van der Waals surface area contributed by atoms with E-state index in [1.54, 1.807) is 0 Å². The number of hydrogen-bond acceptors (Lipinski definition) is 4. The summed E-state index contributed by atoms with van der Waals surface area (Å²) in [5.41, 5.74) is 0. The number of ketones is 1. The van der Waals surface area contributed by atoms with E-state index < -0.39 is 0 Å². The largest absolute Gasteiger partial charge is 0.377 e. The Kier molecular flexibility index (Phi) is 17.8. The van der Waals surface area contributed by atoms with Crippen molar-refractivity contribution >= 4 is 11.7 Å². The van der Waals surface area contributed by atoms with E-state index in [-0.39, 0.29) is 17.9 Å².